The summed E-state index contributed by atoms with van der Waals surface area (Å²) in [5.41, 5.74) is 0.645. The zero-order valence-corrected chi connectivity index (χ0v) is 21.7. The van der Waals surface area contributed by atoms with Crippen molar-refractivity contribution >= 4 is 39.7 Å². The second-order valence-corrected chi connectivity index (χ2v) is 25.4. The van der Waals surface area contributed by atoms with Gasteiger partial charge >= 0.3 is 17.1 Å². The summed E-state index contributed by atoms with van der Waals surface area (Å²) < 4.78 is 19.4. The summed E-state index contributed by atoms with van der Waals surface area (Å²) in [7, 11) is -8.54. The van der Waals surface area contributed by atoms with Gasteiger partial charge in [0.1, 0.15) is 0 Å². The normalized spacial score (nSPS) is 15.4. The van der Waals surface area contributed by atoms with Gasteiger partial charge in [0, 0.05) is 5.56 Å². The smallest absolute Gasteiger partial charge is 0.335 e. The van der Waals surface area contributed by atoms with Crippen LogP contribution in [0, 0.1) is 0 Å². The number of rotatable bonds is 9. The van der Waals surface area contributed by atoms with Crippen LogP contribution in [0.3, 0.4) is 0 Å². The summed E-state index contributed by atoms with van der Waals surface area (Å²) in [5.74, 6) is -0.0994. The average Bonchev–Trinajstić information content (AvgIpc) is 2.40. The molecule has 1 amide bonds. The second-order valence-electron chi connectivity index (χ2n) is 9.11. The second kappa shape index (κ2) is 8.63. The molecule has 148 valence electrons. The highest BCUT2D eigenvalue weighted by Crippen LogP contribution is 2.23. The maximum Gasteiger partial charge on any atom is 0.335 e. The molecule has 0 aromatic heterocycles. The molecule has 0 aliphatic heterocycles. The Hall–Kier alpha value is -0.562. The highest BCUT2D eigenvalue weighted by molar-refractivity contribution is 6.89. The Morgan fingerprint density at radius 2 is 1.31 bits per heavy atom. The number of carbonyl (C=O) groups excluding carboxylic acids is 1. The molecule has 0 heterocycles. The summed E-state index contributed by atoms with van der Waals surface area (Å²) >= 11 is 0. The molecule has 0 saturated carbocycles. The van der Waals surface area contributed by atoms with Gasteiger partial charge in [-0.3, -0.25) is 4.79 Å². The molecule has 1 aromatic rings. The van der Waals surface area contributed by atoms with E-state index in [-0.39, 0.29) is 5.91 Å². The van der Waals surface area contributed by atoms with Crippen molar-refractivity contribution in [1.29, 1.82) is 0 Å². The number of carbonyl (C=O) groups is 1. The number of benzene rings is 1. The third-order valence-electron chi connectivity index (χ3n) is 3.14. The van der Waals surface area contributed by atoms with Crippen molar-refractivity contribution in [2.45, 2.75) is 58.9 Å². The van der Waals surface area contributed by atoms with E-state index in [0.717, 1.165) is 0 Å². The Morgan fingerprint density at radius 3 is 1.77 bits per heavy atom. The molecule has 0 spiro atoms. The van der Waals surface area contributed by atoms with Gasteiger partial charge in [0.2, 0.25) is 0 Å². The molecule has 0 saturated heterocycles. The van der Waals surface area contributed by atoms with Gasteiger partial charge < -0.3 is 17.7 Å². The molecule has 5 nitrogen and oxygen atoms in total. The van der Waals surface area contributed by atoms with Crippen LogP contribution in [0.15, 0.2) is 30.3 Å². The molecule has 0 bridgehead atoms. The third kappa shape index (κ3) is 9.40. The summed E-state index contributed by atoms with van der Waals surface area (Å²) in [5, 5.41) is 3.02. The first kappa shape index (κ1) is 23.5. The van der Waals surface area contributed by atoms with Crippen LogP contribution in [0.1, 0.15) is 10.4 Å². The van der Waals surface area contributed by atoms with Crippen LogP contribution in [0.4, 0.5) is 0 Å². The highest BCUT2D eigenvalue weighted by Gasteiger charge is 2.44. The predicted octanol–water partition coefficient (Wildman–Crippen LogP) is 4.45. The van der Waals surface area contributed by atoms with Gasteiger partial charge in [0.05, 0.1) is 6.17 Å². The molecule has 0 radical (unpaired) electrons. The molecule has 0 aliphatic carbocycles. The highest BCUT2D eigenvalue weighted by atomic mass is 28.5. The van der Waals surface area contributed by atoms with Gasteiger partial charge in [-0.15, -0.1) is 0 Å². The first-order valence-electron chi connectivity index (χ1n) is 9.05. The predicted molar refractivity (Wildman–Crippen MR) is 118 cm³/mol. The molecule has 26 heavy (non-hydrogen) atoms. The lowest BCUT2D eigenvalue weighted by molar-refractivity contribution is 0.0955. The van der Waals surface area contributed by atoms with E-state index in [4.69, 9.17) is 12.3 Å². The fourth-order valence-electron chi connectivity index (χ4n) is 2.95. The van der Waals surface area contributed by atoms with E-state index >= 15 is 0 Å². The van der Waals surface area contributed by atoms with Crippen molar-refractivity contribution in [3.05, 3.63) is 35.9 Å². The molecule has 1 rings (SSSR count). The van der Waals surface area contributed by atoms with E-state index in [1.165, 1.54) is 0 Å². The lowest BCUT2D eigenvalue weighted by Crippen LogP contribution is -2.61. The Balaban J connectivity index is 2.90. The third-order valence-corrected chi connectivity index (χ3v) is 16.2. The van der Waals surface area contributed by atoms with Gasteiger partial charge in [-0.05, 0) is 71.1 Å². The number of hydrogen-bond donors (Lipinski definition) is 1. The Labute approximate surface area is 163 Å². The molecule has 0 aliphatic rings. The number of nitrogens with one attached hydrogen (secondary N) is 1. The zero-order valence-electron chi connectivity index (χ0n) is 17.7. The number of amides is 1. The molecule has 1 unspecified atom stereocenters. The Bertz CT molecular complexity index is 599. The first-order chi connectivity index (χ1) is 11.6. The fraction of sp³-hybridized carbons (Fsp3) is 0.588. The minimum Gasteiger partial charge on any atom is -0.437 e. The van der Waals surface area contributed by atoms with Crippen LogP contribution in [0.2, 0.25) is 58.9 Å². The maximum atomic E-state index is 12.4. The standard InChI is InChI=1S/C17H35NO4Si4/c1-23(2,3)20-25(7,8)22-26(9,21-24(4,5)6)15-18-17(19)16-13-11-10-12-14-16/h10-14H,15H2,1-9H3,(H,18,19). The van der Waals surface area contributed by atoms with Crippen LogP contribution in [-0.4, -0.2) is 45.8 Å². The minimum atomic E-state index is -2.63. The lowest BCUT2D eigenvalue weighted by Gasteiger charge is -2.41. The lowest BCUT2D eigenvalue weighted by atomic mass is 10.2. The topological polar surface area (TPSA) is 56.8 Å². The van der Waals surface area contributed by atoms with Crippen molar-refractivity contribution < 1.29 is 17.1 Å². The van der Waals surface area contributed by atoms with Crippen LogP contribution in [0.25, 0.3) is 0 Å². The Kier molecular flexibility index (Phi) is 7.79. The molecule has 1 aromatic carbocycles. The summed E-state index contributed by atoms with van der Waals surface area (Å²) in [6.45, 7) is 19.1. The monoisotopic (exact) mass is 429 g/mol. The summed E-state index contributed by atoms with van der Waals surface area (Å²) in [6.07, 6.45) is 0.413. The Morgan fingerprint density at radius 1 is 0.808 bits per heavy atom. The summed E-state index contributed by atoms with van der Waals surface area (Å²) in [6, 6.07) is 9.23. The van der Waals surface area contributed by atoms with Crippen molar-refractivity contribution in [2.24, 2.45) is 0 Å². The van der Waals surface area contributed by atoms with E-state index < -0.39 is 33.8 Å². The SMILES string of the molecule is C[Si](C)(C)O[Si](C)(C)O[Si](C)(CNC(=O)c1ccccc1)O[Si](C)(C)C. The first-order valence-corrected chi connectivity index (χ1v) is 21.2. The molecule has 1 N–H and O–H groups in total. The van der Waals surface area contributed by atoms with Crippen LogP contribution in [-0.2, 0) is 12.3 Å². The molecule has 9 heteroatoms. The van der Waals surface area contributed by atoms with Gasteiger partial charge in [-0.2, -0.15) is 0 Å². The van der Waals surface area contributed by atoms with Gasteiger partial charge in [0.25, 0.3) is 5.91 Å². The van der Waals surface area contributed by atoms with Crippen molar-refractivity contribution in [3.63, 3.8) is 0 Å². The summed E-state index contributed by atoms with van der Waals surface area (Å²) in [4.78, 5) is 12.4. The van der Waals surface area contributed by atoms with Crippen LogP contribution >= 0.6 is 0 Å². The van der Waals surface area contributed by atoms with E-state index in [0.29, 0.717) is 11.7 Å². The van der Waals surface area contributed by atoms with Gasteiger partial charge in [0.15, 0.2) is 16.6 Å². The zero-order chi connectivity index (χ0) is 20.2. The molecule has 1 atom stereocenters. The van der Waals surface area contributed by atoms with Gasteiger partial charge in [-0.1, -0.05) is 18.2 Å². The van der Waals surface area contributed by atoms with Gasteiger partial charge in [-0.25, -0.2) is 0 Å². The minimum absolute atomic E-state index is 0.0994. The van der Waals surface area contributed by atoms with Crippen molar-refractivity contribution in [2.75, 3.05) is 6.17 Å². The molecular weight excluding hydrogens is 395 g/mol. The van der Waals surface area contributed by atoms with Crippen LogP contribution < -0.4 is 5.32 Å². The average molecular weight is 430 g/mol. The van der Waals surface area contributed by atoms with Crippen molar-refractivity contribution in [3.8, 4) is 0 Å². The van der Waals surface area contributed by atoms with E-state index in [1.54, 1.807) is 12.1 Å². The largest absolute Gasteiger partial charge is 0.437 e. The number of hydrogen-bond acceptors (Lipinski definition) is 4. The van der Waals surface area contributed by atoms with E-state index in [9.17, 15) is 4.79 Å². The van der Waals surface area contributed by atoms with E-state index in [1.807, 2.05) is 24.7 Å². The van der Waals surface area contributed by atoms with Crippen molar-refractivity contribution in [1.82, 2.24) is 5.32 Å². The molecule has 0 fully saturated rings. The quantitative estimate of drug-likeness (QED) is 0.589. The van der Waals surface area contributed by atoms with E-state index in [2.05, 4.69) is 57.7 Å². The molecular formula is C17H35NO4Si4. The fourth-order valence-corrected chi connectivity index (χ4v) is 20.3. The maximum absolute atomic E-state index is 12.4. The van der Waals surface area contributed by atoms with Crippen LogP contribution in [0.5, 0.6) is 0 Å².